The molecule has 0 bridgehead atoms. The molecule has 2 aromatic heterocycles. The molecule has 0 radical (unpaired) electrons. The van der Waals surface area contributed by atoms with Gasteiger partial charge in [-0.2, -0.15) is 5.10 Å². The van der Waals surface area contributed by atoms with Gasteiger partial charge in [-0.1, -0.05) is 42.5 Å². The van der Waals surface area contributed by atoms with Crippen molar-refractivity contribution in [2.45, 2.75) is 26.9 Å². The van der Waals surface area contributed by atoms with Gasteiger partial charge in [-0.05, 0) is 30.7 Å². The number of anilines is 1. The lowest BCUT2D eigenvalue weighted by atomic mass is 10.1. The van der Waals surface area contributed by atoms with E-state index in [1.165, 1.54) is 5.56 Å². The van der Waals surface area contributed by atoms with Crippen LogP contribution in [-0.4, -0.2) is 27.0 Å². The van der Waals surface area contributed by atoms with E-state index >= 15 is 0 Å². The molecule has 0 spiro atoms. The largest absolute Gasteiger partial charge is 0.313 e. The van der Waals surface area contributed by atoms with Crippen LogP contribution in [0, 0.1) is 0 Å². The molecule has 2 aromatic carbocycles. The lowest BCUT2D eigenvalue weighted by Gasteiger charge is -2.19. The number of carbonyl (C=O) groups is 1. The number of aromatic nitrogens is 3. The van der Waals surface area contributed by atoms with Crippen LogP contribution >= 0.6 is 0 Å². The van der Waals surface area contributed by atoms with Crippen molar-refractivity contribution in [3.63, 3.8) is 0 Å². The zero-order valence-corrected chi connectivity index (χ0v) is 17.2. The molecule has 4 rings (SSSR count). The van der Waals surface area contributed by atoms with E-state index in [4.69, 9.17) is 0 Å². The smallest absolute Gasteiger partial charge is 0.223 e. The van der Waals surface area contributed by atoms with E-state index in [1.54, 1.807) is 11.8 Å². The van der Waals surface area contributed by atoms with Crippen LogP contribution in [-0.2, 0) is 17.9 Å². The molecule has 0 aliphatic rings. The average molecular weight is 399 g/mol. The maximum absolute atomic E-state index is 11.9. The molecule has 0 saturated heterocycles. The van der Waals surface area contributed by atoms with Crippen molar-refractivity contribution in [1.82, 2.24) is 19.9 Å². The Morgan fingerprint density at radius 3 is 2.67 bits per heavy atom. The zero-order valence-electron chi connectivity index (χ0n) is 17.2. The van der Waals surface area contributed by atoms with E-state index in [9.17, 15) is 4.79 Å². The minimum Gasteiger partial charge on any atom is -0.313 e. The normalized spacial score (nSPS) is 11.0. The van der Waals surface area contributed by atoms with E-state index in [0.717, 1.165) is 34.7 Å². The summed E-state index contributed by atoms with van der Waals surface area (Å²) in [5.74, 6) is 0.0281. The summed E-state index contributed by atoms with van der Waals surface area (Å²) in [7, 11) is 0. The van der Waals surface area contributed by atoms with Gasteiger partial charge in [0.05, 0.1) is 11.9 Å². The third-order valence-electron chi connectivity index (χ3n) is 5.11. The van der Waals surface area contributed by atoms with Crippen molar-refractivity contribution < 1.29 is 4.79 Å². The summed E-state index contributed by atoms with van der Waals surface area (Å²) < 4.78 is 1.86. The maximum atomic E-state index is 11.9. The van der Waals surface area contributed by atoms with Gasteiger partial charge in [0, 0.05) is 49.6 Å². The highest BCUT2D eigenvalue weighted by atomic mass is 16.2. The Morgan fingerprint density at radius 1 is 1.07 bits per heavy atom. The van der Waals surface area contributed by atoms with E-state index in [1.807, 2.05) is 72.4 Å². The van der Waals surface area contributed by atoms with Gasteiger partial charge in [0.25, 0.3) is 0 Å². The Morgan fingerprint density at radius 2 is 1.90 bits per heavy atom. The monoisotopic (exact) mass is 399 g/mol. The third-order valence-corrected chi connectivity index (χ3v) is 5.11. The average Bonchev–Trinajstić information content (AvgIpc) is 3.18. The Bertz CT molecular complexity index is 1150. The number of hydrogen-bond donors (Lipinski definition) is 1. The Balaban J connectivity index is 1.60. The first-order chi connectivity index (χ1) is 14.7. The van der Waals surface area contributed by atoms with Crippen LogP contribution in [0.5, 0.6) is 0 Å². The predicted molar refractivity (Wildman–Crippen MR) is 119 cm³/mol. The van der Waals surface area contributed by atoms with Crippen LogP contribution in [0.25, 0.3) is 16.9 Å². The summed E-state index contributed by atoms with van der Waals surface area (Å²) >= 11 is 0. The molecule has 0 fully saturated rings. The van der Waals surface area contributed by atoms with Crippen molar-refractivity contribution in [3.05, 3.63) is 84.2 Å². The summed E-state index contributed by atoms with van der Waals surface area (Å²) in [6.07, 6.45) is 3.67. The molecule has 30 heavy (non-hydrogen) atoms. The molecule has 6 heteroatoms. The van der Waals surface area contributed by atoms with Crippen LogP contribution in [0.4, 0.5) is 5.69 Å². The van der Waals surface area contributed by atoms with Crippen molar-refractivity contribution >= 4 is 17.2 Å². The topological polar surface area (TPSA) is 62.5 Å². The lowest BCUT2D eigenvalue weighted by Crippen LogP contribution is -2.27. The molecular weight excluding hydrogens is 374 g/mol. The molecular formula is C24H25N5O. The van der Waals surface area contributed by atoms with Gasteiger partial charge in [0.1, 0.15) is 0 Å². The summed E-state index contributed by atoms with van der Waals surface area (Å²) in [5.41, 5.74) is 5.93. The second-order valence-electron chi connectivity index (χ2n) is 7.14. The fourth-order valence-electron chi connectivity index (χ4n) is 3.64. The van der Waals surface area contributed by atoms with Crippen molar-refractivity contribution in [2.75, 3.05) is 11.4 Å². The standard InChI is InChI=1S/C24H25N5O/c1-3-28(18(2)30)22-11-7-10-20(14-22)23-12-13-26-24-21(17-27-29(23)24)16-25-15-19-8-5-4-6-9-19/h4-14,17,25H,3,15-16H2,1-2H3. The predicted octanol–water partition coefficient (Wildman–Crippen LogP) is 4.06. The highest BCUT2D eigenvalue weighted by Gasteiger charge is 2.13. The maximum Gasteiger partial charge on any atom is 0.223 e. The molecule has 1 N–H and O–H groups in total. The number of amides is 1. The number of rotatable bonds is 7. The number of hydrogen-bond acceptors (Lipinski definition) is 4. The van der Waals surface area contributed by atoms with E-state index in [2.05, 4.69) is 27.5 Å². The highest BCUT2D eigenvalue weighted by molar-refractivity contribution is 5.92. The zero-order chi connectivity index (χ0) is 20.9. The Hall–Kier alpha value is -3.51. The van der Waals surface area contributed by atoms with E-state index in [0.29, 0.717) is 13.1 Å². The van der Waals surface area contributed by atoms with Crippen molar-refractivity contribution in [1.29, 1.82) is 0 Å². The third kappa shape index (κ3) is 4.09. The molecule has 0 unspecified atom stereocenters. The van der Waals surface area contributed by atoms with Gasteiger partial charge >= 0.3 is 0 Å². The van der Waals surface area contributed by atoms with Crippen LogP contribution in [0.2, 0.25) is 0 Å². The van der Waals surface area contributed by atoms with Crippen molar-refractivity contribution in [2.24, 2.45) is 0 Å². The second kappa shape index (κ2) is 8.88. The molecule has 6 nitrogen and oxygen atoms in total. The molecule has 0 aliphatic heterocycles. The first-order valence-electron chi connectivity index (χ1n) is 10.1. The number of nitrogens with one attached hydrogen (secondary N) is 1. The SMILES string of the molecule is CCN(C(C)=O)c1cccc(-c2ccnc3c(CNCc4ccccc4)cnn23)c1. The first-order valence-corrected chi connectivity index (χ1v) is 10.1. The molecule has 0 saturated carbocycles. The second-order valence-corrected chi connectivity index (χ2v) is 7.14. The fraction of sp³-hybridized carbons (Fsp3) is 0.208. The summed E-state index contributed by atoms with van der Waals surface area (Å²) in [5, 5.41) is 8.05. The highest BCUT2D eigenvalue weighted by Crippen LogP contribution is 2.25. The van der Waals surface area contributed by atoms with Crippen LogP contribution in [0.15, 0.2) is 73.1 Å². The lowest BCUT2D eigenvalue weighted by molar-refractivity contribution is -0.116. The fourth-order valence-corrected chi connectivity index (χ4v) is 3.64. The van der Waals surface area contributed by atoms with Gasteiger partial charge in [0.2, 0.25) is 5.91 Å². The minimum absolute atomic E-state index is 0.0281. The molecule has 2 heterocycles. The van der Waals surface area contributed by atoms with Crippen LogP contribution in [0.1, 0.15) is 25.0 Å². The van der Waals surface area contributed by atoms with Gasteiger partial charge in [-0.3, -0.25) is 4.79 Å². The van der Waals surface area contributed by atoms with Gasteiger partial charge in [-0.15, -0.1) is 0 Å². The van der Waals surface area contributed by atoms with Gasteiger partial charge in [0.15, 0.2) is 5.65 Å². The minimum atomic E-state index is 0.0281. The Labute approximate surface area is 176 Å². The number of fused-ring (bicyclic) bond motifs is 1. The van der Waals surface area contributed by atoms with Gasteiger partial charge in [-0.25, -0.2) is 9.50 Å². The summed E-state index contributed by atoms with van der Waals surface area (Å²) in [6.45, 7) is 5.66. The Kier molecular flexibility index (Phi) is 5.86. The van der Waals surface area contributed by atoms with Crippen molar-refractivity contribution in [3.8, 4) is 11.3 Å². The molecule has 0 aliphatic carbocycles. The van der Waals surface area contributed by atoms with Crippen LogP contribution < -0.4 is 10.2 Å². The van der Waals surface area contributed by atoms with E-state index in [-0.39, 0.29) is 5.91 Å². The van der Waals surface area contributed by atoms with Gasteiger partial charge < -0.3 is 10.2 Å². The molecule has 0 atom stereocenters. The number of nitrogens with zero attached hydrogens (tertiary/aromatic N) is 4. The summed E-state index contributed by atoms with van der Waals surface area (Å²) in [6, 6.07) is 20.2. The molecule has 4 aromatic rings. The molecule has 1 amide bonds. The van der Waals surface area contributed by atoms with E-state index < -0.39 is 0 Å². The number of benzene rings is 2. The number of carbonyl (C=O) groups excluding carboxylic acids is 1. The summed E-state index contributed by atoms with van der Waals surface area (Å²) in [4.78, 5) is 18.2. The van der Waals surface area contributed by atoms with Crippen LogP contribution in [0.3, 0.4) is 0 Å². The quantitative estimate of drug-likeness (QED) is 0.509. The molecule has 152 valence electrons. The first kappa shape index (κ1) is 19.8.